The first-order chi connectivity index (χ1) is 7.06. The van der Waals surface area contributed by atoms with E-state index in [0.29, 0.717) is 17.4 Å². The molecule has 4 heteroatoms. The molecule has 1 rings (SSSR count). The van der Waals surface area contributed by atoms with Crippen LogP contribution in [0, 0.1) is 6.92 Å². The summed E-state index contributed by atoms with van der Waals surface area (Å²) >= 11 is 3.23. The summed E-state index contributed by atoms with van der Waals surface area (Å²) in [6.45, 7) is 1.87. The monoisotopic (exact) mass is 273 g/mol. The standard InChI is InChI=1S/C11H16BrNO2/c1-7-6-8(13)2-3-9(7)11(15)10(14)4-5-12/h2-3,6,10-11,14-15H,4-5,13H2,1H3. The van der Waals surface area contributed by atoms with Crippen molar-refractivity contribution < 1.29 is 10.2 Å². The van der Waals surface area contributed by atoms with E-state index in [0.717, 1.165) is 11.1 Å². The van der Waals surface area contributed by atoms with Gasteiger partial charge in [0.1, 0.15) is 6.10 Å². The van der Waals surface area contributed by atoms with Gasteiger partial charge in [-0.05, 0) is 36.6 Å². The topological polar surface area (TPSA) is 66.5 Å². The van der Waals surface area contributed by atoms with Crippen LogP contribution in [0.4, 0.5) is 5.69 Å². The molecule has 0 fully saturated rings. The number of aliphatic hydroxyl groups is 2. The number of hydrogen-bond donors (Lipinski definition) is 3. The lowest BCUT2D eigenvalue weighted by molar-refractivity contribution is 0.0170. The fraction of sp³-hybridized carbons (Fsp3) is 0.455. The van der Waals surface area contributed by atoms with Gasteiger partial charge in [-0.1, -0.05) is 22.0 Å². The van der Waals surface area contributed by atoms with Crippen molar-refractivity contribution in [3.05, 3.63) is 29.3 Å². The predicted molar refractivity (Wildman–Crippen MR) is 65.0 cm³/mol. The molecule has 2 atom stereocenters. The number of aryl methyl sites for hydroxylation is 1. The van der Waals surface area contributed by atoms with Gasteiger partial charge in [0.15, 0.2) is 0 Å². The molecule has 15 heavy (non-hydrogen) atoms. The largest absolute Gasteiger partial charge is 0.399 e. The molecule has 0 amide bonds. The van der Waals surface area contributed by atoms with Gasteiger partial charge in [-0.15, -0.1) is 0 Å². The van der Waals surface area contributed by atoms with Gasteiger partial charge in [0, 0.05) is 11.0 Å². The summed E-state index contributed by atoms with van der Waals surface area (Å²) in [6, 6.07) is 5.28. The van der Waals surface area contributed by atoms with Crippen LogP contribution in [0.1, 0.15) is 23.7 Å². The molecule has 4 N–H and O–H groups in total. The van der Waals surface area contributed by atoms with E-state index in [1.807, 2.05) is 6.92 Å². The maximum absolute atomic E-state index is 9.88. The first-order valence-electron chi connectivity index (χ1n) is 4.84. The Kier molecular flexibility index (Phi) is 4.57. The summed E-state index contributed by atoms with van der Waals surface area (Å²) in [6.07, 6.45) is -1.07. The molecule has 0 spiro atoms. The molecule has 0 aliphatic heterocycles. The third-order valence-corrected chi connectivity index (χ3v) is 2.84. The lowest BCUT2D eigenvalue weighted by Gasteiger charge is -2.19. The average Bonchev–Trinajstić information content (AvgIpc) is 2.17. The van der Waals surface area contributed by atoms with Crippen molar-refractivity contribution in [2.24, 2.45) is 0 Å². The van der Waals surface area contributed by atoms with Gasteiger partial charge in [0.05, 0.1) is 6.10 Å². The second-order valence-corrected chi connectivity index (χ2v) is 4.40. The first kappa shape index (κ1) is 12.5. The summed E-state index contributed by atoms with van der Waals surface area (Å²) in [7, 11) is 0. The van der Waals surface area contributed by atoms with Crippen molar-refractivity contribution in [3.8, 4) is 0 Å². The van der Waals surface area contributed by atoms with E-state index in [9.17, 15) is 10.2 Å². The zero-order valence-corrected chi connectivity index (χ0v) is 10.2. The second kappa shape index (κ2) is 5.49. The minimum Gasteiger partial charge on any atom is -0.399 e. The maximum Gasteiger partial charge on any atom is 0.105 e. The fourth-order valence-corrected chi connectivity index (χ4v) is 1.98. The Morgan fingerprint density at radius 3 is 2.60 bits per heavy atom. The second-order valence-electron chi connectivity index (χ2n) is 3.61. The lowest BCUT2D eigenvalue weighted by atomic mass is 9.98. The van der Waals surface area contributed by atoms with Crippen molar-refractivity contribution in [3.63, 3.8) is 0 Å². The van der Waals surface area contributed by atoms with E-state index in [1.54, 1.807) is 18.2 Å². The Bertz CT molecular complexity index is 330. The van der Waals surface area contributed by atoms with E-state index >= 15 is 0 Å². The molecular weight excluding hydrogens is 258 g/mol. The van der Waals surface area contributed by atoms with Crippen molar-refractivity contribution >= 4 is 21.6 Å². The Hall–Kier alpha value is -0.580. The number of nitrogen functional groups attached to an aromatic ring is 1. The van der Waals surface area contributed by atoms with Gasteiger partial charge in [-0.2, -0.15) is 0 Å². The minimum atomic E-state index is -0.844. The molecule has 1 aromatic rings. The van der Waals surface area contributed by atoms with Gasteiger partial charge < -0.3 is 15.9 Å². The Morgan fingerprint density at radius 2 is 2.07 bits per heavy atom. The quantitative estimate of drug-likeness (QED) is 0.579. The molecule has 1 aromatic carbocycles. The van der Waals surface area contributed by atoms with Gasteiger partial charge in [-0.25, -0.2) is 0 Å². The zero-order valence-electron chi connectivity index (χ0n) is 8.65. The van der Waals surface area contributed by atoms with E-state index in [4.69, 9.17) is 5.73 Å². The molecule has 0 heterocycles. The summed E-state index contributed by atoms with van der Waals surface area (Å²) in [5.41, 5.74) is 7.91. The number of rotatable bonds is 4. The zero-order chi connectivity index (χ0) is 11.4. The molecule has 0 radical (unpaired) electrons. The van der Waals surface area contributed by atoms with Gasteiger partial charge in [0.25, 0.3) is 0 Å². The highest BCUT2D eigenvalue weighted by Crippen LogP contribution is 2.24. The molecule has 0 saturated heterocycles. The van der Waals surface area contributed by atoms with Crippen LogP contribution < -0.4 is 5.73 Å². The summed E-state index contributed by atoms with van der Waals surface area (Å²) in [5, 5.41) is 20.2. The smallest absolute Gasteiger partial charge is 0.105 e. The molecule has 84 valence electrons. The van der Waals surface area contributed by atoms with E-state index in [2.05, 4.69) is 15.9 Å². The van der Waals surface area contributed by atoms with Crippen LogP contribution in [-0.2, 0) is 0 Å². The van der Waals surface area contributed by atoms with Gasteiger partial charge in [-0.3, -0.25) is 0 Å². The van der Waals surface area contributed by atoms with Gasteiger partial charge in [0.2, 0.25) is 0 Å². The Morgan fingerprint density at radius 1 is 1.40 bits per heavy atom. The molecule has 0 aliphatic carbocycles. The van der Waals surface area contributed by atoms with Crippen molar-refractivity contribution in [2.75, 3.05) is 11.1 Å². The number of hydrogen-bond acceptors (Lipinski definition) is 3. The van der Waals surface area contributed by atoms with Crippen LogP contribution in [0.3, 0.4) is 0 Å². The number of alkyl halides is 1. The molecule has 3 nitrogen and oxygen atoms in total. The van der Waals surface area contributed by atoms with E-state index in [1.165, 1.54) is 0 Å². The molecule has 0 aromatic heterocycles. The lowest BCUT2D eigenvalue weighted by Crippen LogP contribution is -2.19. The van der Waals surface area contributed by atoms with Crippen LogP contribution in [0.25, 0.3) is 0 Å². The van der Waals surface area contributed by atoms with Crippen LogP contribution in [-0.4, -0.2) is 21.6 Å². The maximum atomic E-state index is 9.88. The normalized spacial score (nSPS) is 14.9. The molecular formula is C11H16BrNO2. The SMILES string of the molecule is Cc1cc(N)ccc1C(O)C(O)CCBr. The number of halogens is 1. The summed E-state index contributed by atoms with van der Waals surface area (Å²) in [5.74, 6) is 0. The molecule has 0 bridgehead atoms. The van der Waals surface area contributed by atoms with Crippen molar-refractivity contribution in [2.45, 2.75) is 25.6 Å². The van der Waals surface area contributed by atoms with Crippen molar-refractivity contribution in [1.29, 1.82) is 0 Å². The highest BCUT2D eigenvalue weighted by Gasteiger charge is 2.19. The number of aliphatic hydroxyl groups excluding tert-OH is 2. The van der Waals surface area contributed by atoms with Crippen LogP contribution in [0.2, 0.25) is 0 Å². The molecule has 0 aliphatic rings. The number of benzene rings is 1. The molecule has 2 unspecified atom stereocenters. The third-order valence-electron chi connectivity index (χ3n) is 2.38. The highest BCUT2D eigenvalue weighted by atomic mass is 79.9. The van der Waals surface area contributed by atoms with E-state index in [-0.39, 0.29) is 0 Å². The number of nitrogens with two attached hydrogens (primary N) is 1. The van der Waals surface area contributed by atoms with Crippen LogP contribution >= 0.6 is 15.9 Å². The first-order valence-corrected chi connectivity index (χ1v) is 5.96. The average molecular weight is 274 g/mol. The third kappa shape index (κ3) is 3.19. The summed E-state index contributed by atoms with van der Waals surface area (Å²) in [4.78, 5) is 0. The minimum absolute atomic E-state index is 0.519. The van der Waals surface area contributed by atoms with Gasteiger partial charge >= 0.3 is 0 Å². The summed E-state index contributed by atoms with van der Waals surface area (Å²) < 4.78 is 0. The highest BCUT2D eigenvalue weighted by molar-refractivity contribution is 9.09. The Labute approximate surface area is 98.1 Å². The molecule has 0 saturated carbocycles. The Balaban J connectivity index is 2.86. The number of anilines is 1. The van der Waals surface area contributed by atoms with Crippen LogP contribution in [0.5, 0.6) is 0 Å². The predicted octanol–water partition coefficient (Wildman–Crippen LogP) is 1.76. The van der Waals surface area contributed by atoms with Crippen LogP contribution in [0.15, 0.2) is 18.2 Å². The fourth-order valence-electron chi connectivity index (χ4n) is 1.51. The van der Waals surface area contributed by atoms with E-state index < -0.39 is 12.2 Å². The van der Waals surface area contributed by atoms with Crippen molar-refractivity contribution in [1.82, 2.24) is 0 Å².